The van der Waals surface area contributed by atoms with Crippen molar-refractivity contribution in [3.63, 3.8) is 0 Å². The number of nitrogens with zero attached hydrogens (tertiary/aromatic N) is 3. The fourth-order valence-corrected chi connectivity index (χ4v) is 5.60. The number of rotatable bonds is 5. The molecule has 1 amide bonds. The van der Waals surface area contributed by atoms with Crippen LogP contribution in [0.1, 0.15) is 16.7 Å². The molecule has 0 N–H and O–H groups in total. The van der Waals surface area contributed by atoms with E-state index in [2.05, 4.69) is 13.0 Å². The molecule has 0 spiro atoms. The summed E-state index contributed by atoms with van der Waals surface area (Å²) in [5, 5.41) is 9.19. The molecule has 3 rings (SSSR count). The van der Waals surface area contributed by atoms with Gasteiger partial charge in [0.05, 0.1) is 16.2 Å². The first-order valence-electron chi connectivity index (χ1n) is 9.30. The summed E-state index contributed by atoms with van der Waals surface area (Å²) in [6, 6.07) is 14.3. The Morgan fingerprint density at radius 3 is 2.41 bits per heavy atom. The molecule has 1 saturated heterocycles. The molecular weight excluding hydrogens is 406 g/mol. The largest absolute Gasteiger partial charge is 0.339 e. The Bertz CT molecular complexity index is 1050. The van der Waals surface area contributed by atoms with Crippen LogP contribution in [0.4, 0.5) is 0 Å². The van der Waals surface area contributed by atoms with E-state index >= 15 is 0 Å². The Kier molecular flexibility index (Phi) is 6.63. The van der Waals surface area contributed by atoms with Crippen LogP contribution in [0, 0.1) is 25.2 Å². The Morgan fingerprint density at radius 1 is 1.07 bits per heavy atom. The average Bonchev–Trinajstić information content (AvgIpc) is 2.74. The fraction of sp³-hybridized carbons (Fsp3) is 0.333. The smallest absolute Gasteiger partial charge is 0.244 e. The van der Waals surface area contributed by atoms with Gasteiger partial charge >= 0.3 is 0 Å². The number of sulfonamides is 1. The molecule has 0 unspecified atom stereocenters. The summed E-state index contributed by atoms with van der Waals surface area (Å²) in [7, 11) is -3.75. The molecule has 2 aromatic rings. The number of amides is 1. The predicted molar refractivity (Wildman–Crippen MR) is 113 cm³/mol. The summed E-state index contributed by atoms with van der Waals surface area (Å²) in [6.07, 6.45) is 0. The molecule has 2 aromatic carbocycles. The molecule has 1 fully saturated rings. The van der Waals surface area contributed by atoms with Gasteiger partial charge in [0.25, 0.3) is 0 Å². The number of benzene rings is 2. The van der Waals surface area contributed by atoms with E-state index in [0.717, 1.165) is 4.90 Å². The summed E-state index contributed by atoms with van der Waals surface area (Å²) < 4.78 is 27.1. The Hall–Kier alpha value is -2.34. The van der Waals surface area contributed by atoms with Crippen molar-refractivity contribution in [2.24, 2.45) is 0 Å². The molecule has 0 aliphatic carbocycles. The molecule has 1 heterocycles. The van der Waals surface area contributed by atoms with Crippen molar-refractivity contribution in [2.75, 3.05) is 31.9 Å². The number of carbonyl (C=O) groups is 1. The molecule has 0 bridgehead atoms. The Morgan fingerprint density at radius 2 is 1.76 bits per heavy atom. The molecule has 6 nitrogen and oxygen atoms in total. The Balaban J connectivity index is 1.59. The quantitative estimate of drug-likeness (QED) is 0.683. The van der Waals surface area contributed by atoms with Crippen molar-refractivity contribution in [3.8, 4) is 6.07 Å². The van der Waals surface area contributed by atoms with Crippen LogP contribution >= 0.6 is 11.8 Å². The van der Waals surface area contributed by atoms with Gasteiger partial charge in [0.2, 0.25) is 15.9 Å². The molecule has 152 valence electrons. The van der Waals surface area contributed by atoms with Crippen LogP contribution < -0.4 is 0 Å². The van der Waals surface area contributed by atoms with E-state index < -0.39 is 10.0 Å². The number of aryl methyl sites for hydroxylation is 2. The number of nitriles is 1. The normalized spacial score (nSPS) is 15.1. The second kappa shape index (κ2) is 8.99. The van der Waals surface area contributed by atoms with Crippen LogP contribution in [0.5, 0.6) is 0 Å². The summed E-state index contributed by atoms with van der Waals surface area (Å²) in [5.41, 5.74) is 2.55. The number of piperazine rings is 1. The minimum absolute atomic E-state index is 0.00250. The molecule has 0 atom stereocenters. The maximum Gasteiger partial charge on any atom is 0.244 e. The lowest BCUT2D eigenvalue weighted by atomic mass is 10.1. The van der Waals surface area contributed by atoms with E-state index in [1.807, 2.05) is 25.1 Å². The van der Waals surface area contributed by atoms with Gasteiger partial charge in [0.1, 0.15) is 6.07 Å². The summed E-state index contributed by atoms with van der Waals surface area (Å²) in [5.74, 6) is 0.328. The van der Waals surface area contributed by atoms with E-state index in [0.29, 0.717) is 18.8 Å². The van der Waals surface area contributed by atoms with Gasteiger partial charge in [-0.05, 0) is 49.2 Å². The second-order valence-corrected chi connectivity index (χ2v) is 9.88. The van der Waals surface area contributed by atoms with Crippen molar-refractivity contribution in [1.29, 1.82) is 5.26 Å². The molecule has 29 heavy (non-hydrogen) atoms. The summed E-state index contributed by atoms with van der Waals surface area (Å²) in [6.45, 7) is 5.24. The minimum Gasteiger partial charge on any atom is -0.339 e. The van der Waals surface area contributed by atoms with E-state index in [9.17, 15) is 18.5 Å². The van der Waals surface area contributed by atoms with Crippen molar-refractivity contribution >= 4 is 27.7 Å². The lowest BCUT2D eigenvalue weighted by Gasteiger charge is -2.34. The first kappa shape index (κ1) is 21.4. The van der Waals surface area contributed by atoms with Crippen molar-refractivity contribution in [2.45, 2.75) is 23.6 Å². The second-order valence-electron chi connectivity index (χ2n) is 6.93. The van der Waals surface area contributed by atoms with Gasteiger partial charge < -0.3 is 4.90 Å². The topological polar surface area (TPSA) is 81.5 Å². The van der Waals surface area contributed by atoms with Crippen LogP contribution in [0.2, 0.25) is 0 Å². The highest BCUT2D eigenvalue weighted by molar-refractivity contribution is 8.00. The maximum absolute atomic E-state index is 12.9. The van der Waals surface area contributed by atoms with E-state index in [1.54, 1.807) is 17.0 Å². The van der Waals surface area contributed by atoms with Crippen LogP contribution in [-0.2, 0) is 14.8 Å². The Labute approximate surface area is 176 Å². The van der Waals surface area contributed by atoms with Gasteiger partial charge in [-0.15, -0.1) is 11.8 Å². The number of hydrogen-bond acceptors (Lipinski definition) is 5. The monoisotopic (exact) mass is 429 g/mol. The molecule has 0 saturated carbocycles. The zero-order valence-corrected chi connectivity index (χ0v) is 18.1. The molecular formula is C21H23N3O3S2. The highest BCUT2D eigenvalue weighted by Gasteiger charge is 2.31. The minimum atomic E-state index is -3.75. The van der Waals surface area contributed by atoms with Gasteiger partial charge in [-0.2, -0.15) is 9.57 Å². The highest BCUT2D eigenvalue weighted by Crippen LogP contribution is 2.23. The van der Waals surface area contributed by atoms with Gasteiger partial charge in [0, 0.05) is 31.1 Å². The first-order valence-corrected chi connectivity index (χ1v) is 11.7. The number of carbonyl (C=O) groups excluding carboxylic acids is 1. The maximum atomic E-state index is 12.9. The van der Waals surface area contributed by atoms with Crippen LogP contribution in [0.25, 0.3) is 0 Å². The van der Waals surface area contributed by atoms with Crippen molar-refractivity contribution in [3.05, 3.63) is 59.2 Å². The van der Waals surface area contributed by atoms with E-state index in [1.165, 1.54) is 39.3 Å². The lowest BCUT2D eigenvalue weighted by molar-refractivity contribution is -0.129. The fourth-order valence-electron chi connectivity index (χ4n) is 3.14. The highest BCUT2D eigenvalue weighted by atomic mass is 32.2. The standard InChI is InChI=1S/C21H23N3O3S2/c1-16-7-8-19(13-17(16)2)28-15-21(25)23-9-11-24(12-10-23)29(26,27)20-6-4-3-5-18(20)14-22/h3-8,13H,9-12,15H2,1-2H3. The van der Waals surface area contributed by atoms with Crippen LogP contribution in [-0.4, -0.2) is 55.5 Å². The van der Waals surface area contributed by atoms with Gasteiger partial charge in [-0.1, -0.05) is 18.2 Å². The van der Waals surface area contributed by atoms with Gasteiger partial charge in [-0.25, -0.2) is 8.42 Å². The first-order chi connectivity index (χ1) is 13.8. The molecule has 8 heteroatoms. The number of hydrogen-bond donors (Lipinski definition) is 0. The zero-order valence-electron chi connectivity index (χ0n) is 16.5. The lowest BCUT2D eigenvalue weighted by Crippen LogP contribution is -2.51. The molecule has 1 aliphatic heterocycles. The van der Waals surface area contributed by atoms with Gasteiger partial charge in [0.15, 0.2) is 0 Å². The SMILES string of the molecule is Cc1ccc(SCC(=O)N2CCN(S(=O)(=O)c3ccccc3C#N)CC2)cc1C. The van der Waals surface area contributed by atoms with E-state index in [4.69, 9.17) is 0 Å². The summed E-state index contributed by atoms with van der Waals surface area (Å²) in [4.78, 5) is 15.3. The third-order valence-electron chi connectivity index (χ3n) is 5.06. The van der Waals surface area contributed by atoms with Crippen molar-refractivity contribution in [1.82, 2.24) is 9.21 Å². The number of thioether (sulfide) groups is 1. The third-order valence-corrected chi connectivity index (χ3v) is 7.99. The van der Waals surface area contributed by atoms with E-state index in [-0.39, 0.29) is 29.5 Å². The van der Waals surface area contributed by atoms with Crippen LogP contribution in [0.3, 0.4) is 0 Å². The molecule has 0 radical (unpaired) electrons. The van der Waals surface area contributed by atoms with Crippen molar-refractivity contribution < 1.29 is 13.2 Å². The zero-order chi connectivity index (χ0) is 21.0. The van der Waals surface area contributed by atoms with Crippen LogP contribution in [0.15, 0.2) is 52.3 Å². The van der Waals surface area contributed by atoms with Gasteiger partial charge in [-0.3, -0.25) is 4.79 Å². The predicted octanol–water partition coefficient (Wildman–Crippen LogP) is 2.80. The molecule has 1 aliphatic rings. The summed E-state index contributed by atoms with van der Waals surface area (Å²) >= 11 is 1.49. The molecule has 0 aromatic heterocycles. The third kappa shape index (κ3) is 4.81. The average molecular weight is 430 g/mol.